The van der Waals surface area contributed by atoms with Crippen molar-refractivity contribution in [2.75, 3.05) is 40.5 Å². The lowest BCUT2D eigenvalue weighted by Gasteiger charge is -2.22. The summed E-state index contributed by atoms with van der Waals surface area (Å²) in [5, 5.41) is 0.617. The maximum absolute atomic E-state index is 12.2. The summed E-state index contributed by atoms with van der Waals surface area (Å²) < 4.78 is 10.0. The first kappa shape index (κ1) is 15.0. The summed E-state index contributed by atoms with van der Waals surface area (Å²) in [5.41, 5.74) is 0.617. The van der Waals surface area contributed by atoms with Gasteiger partial charge in [-0.15, -0.1) is 0 Å². The van der Waals surface area contributed by atoms with Crippen molar-refractivity contribution >= 4 is 17.5 Å². The van der Waals surface area contributed by atoms with Crippen LogP contribution < -0.4 is 0 Å². The van der Waals surface area contributed by atoms with Crippen LogP contribution >= 0.6 is 11.6 Å². The molecule has 0 atom stereocenters. The van der Waals surface area contributed by atoms with E-state index in [-0.39, 0.29) is 5.91 Å². The third-order valence-electron chi connectivity index (χ3n) is 2.51. The first-order valence-electron chi connectivity index (χ1n) is 5.71. The van der Waals surface area contributed by atoms with Gasteiger partial charge in [-0.05, 0) is 24.3 Å². The summed E-state index contributed by atoms with van der Waals surface area (Å²) in [6.07, 6.45) is 0. The van der Waals surface area contributed by atoms with E-state index in [1.54, 1.807) is 43.4 Å². The third-order valence-corrected chi connectivity index (χ3v) is 2.76. The number of nitrogens with zero attached hydrogens (tertiary/aromatic N) is 1. The smallest absolute Gasteiger partial charge is 0.254 e. The van der Waals surface area contributed by atoms with Crippen molar-refractivity contribution in [2.24, 2.45) is 0 Å². The van der Waals surface area contributed by atoms with Crippen LogP contribution in [0.15, 0.2) is 24.3 Å². The zero-order valence-electron chi connectivity index (χ0n) is 10.7. The molecule has 0 heterocycles. The van der Waals surface area contributed by atoms with Crippen LogP contribution in [0.25, 0.3) is 0 Å². The van der Waals surface area contributed by atoms with E-state index in [2.05, 4.69) is 0 Å². The Kier molecular flexibility index (Phi) is 6.72. The van der Waals surface area contributed by atoms with Crippen LogP contribution in [0.3, 0.4) is 0 Å². The van der Waals surface area contributed by atoms with E-state index in [4.69, 9.17) is 21.1 Å². The predicted octanol–water partition coefficient (Wildman–Crippen LogP) is 2.08. The van der Waals surface area contributed by atoms with Gasteiger partial charge in [0.15, 0.2) is 0 Å². The van der Waals surface area contributed by atoms with Crippen LogP contribution in [-0.4, -0.2) is 51.3 Å². The number of hydrogen-bond acceptors (Lipinski definition) is 3. The Bertz CT molecular complexity index is 359. The zero-order chi connectivity index (χ0) is 13.4. The molecule has 18 heavy (non-hydrogen) atoms. The van der Waals surface area contributed by atoms with Crippen LogP contribution in [0.2, 0.25) is 5.02 Å². The monoisotopic (exact) mass is 271 g/mol. The molecule has 5 heteroatoms. The Morgan fingerprint density at radius 2 is 1.61 bits per heavy atom. The molecule has 0 aromatic heterocycles. The Hall–Kier alpha value is -1.10. The molecular formula is C13H18ClNO3. The van der Waals surface area contributed by atoms with Gasteiger partial charge < -0.3 is 14.4 Å². The van der Waals surface area contributed by atoms with Gasteiger partial charge >= 0.3 is 0 Å². The van der Waals surface area contributed by atoms with Crippen molar-refractivity contribution in [3.63, 3.8) is 0 Å². The lowest BCUT2D eigenvalue weighted by atomic mass is 10.2. The topological polar surface area (TPSA) is 38.8 Å². The SMILES string of the molecule is COCCN(CCOC)C(=O)c1ccc(Cl)cc1. The minimum atomic E-state index is -0.0410. The summed E-state index contributed by atoms with van der Waals surface area (Å²) in [6.45, 7) is 2.09. The average molecular weight is 272 g/mol. The summed E-state index contributed by atoms with van der Waals surface area (Å²) in [4.78, 5) is 13.9. The highest BCUT2D eigenvalue weighted by molar-refractivity contribution is 6.30. The number of benzene rings is 1. The molecule has 0 unspecified atom stereocenters. The highest BCUT2D eigenvalue weighted by atomic mass is 35.5. The molecule has 0 N–H and O–H groups in total. The first-order chi connectivity index (χ1) is 8.69. The zero-order valence-corrected chi connectivity index (χ0v) is 11.4. The van der Waals surface area contributed by atoms with E-state index in [9.17, 15) is 4.79 Å². The van der Waals surface area contributed by atoms with Crippen LogP contribution in [-0.2, 0) is 9.47 Å². The number of methoxy groups -OCH3 is 2. The van der Waals surface area contributed by atoms with Crippen molar-refractivity contribution in [3.05, 3.63) is 34.9 Å². The maximum atomic E-state index is 12.2. The van der Waals surface area contributed by atoms with Gasteiger partial charge in [-0.2, -0.15) is 0 Å². The molecule has 0 fully saturated rings. The molecule has 0 saturated carbocycles. The second-order valence-corrected chi connectivity index (χ2v) is 4.22. The normalized spacial score (nSPS) is 10.4. The minimum absolute atomic E-state index is 0.0410. The molecule has 0 aliphatic heterocycles. The fraction of sp³-hybridized carbons (Fsp3) is 0.462. The second kappa shape index (κ2) is 8.08. The van der Waals surface area contributed by atoms with Crippen LogP contribution in [0.5, 0.6) is 0 Å². The summed E-state index contributed by atoms with van der Waals surface area (Å²) >= 11 is 5.80. The Morgan fingerprint density at radius 3 is 2.06 bits per heavy atom. The lowest BCUT2D eigenvalue weighted by molar-refractivity contribution is 0.0627. The van der Waals surface area contributed by atoms with Gasteiger partial charge in [-0.1, -0.05) is 11.6 Å². The summed E-state index contributed by atoms with van der Waals surface area (Å²) in [7, 11) is 3.22. The van der Waals surface area contributed by atoms with Crippen LogP contribution in [0.1, 0.15) is 10.4 Å². The van der Waals surface area contributed by atoms with Crippen molar-refractivity contribution in [2.45, 2.75) is 0 Å². The van der Waals surface area contributed by atoms with Gasteiger partial charge in [0.05, 0.1) is 13.2 Å². The van der Waals surface area contributed by atoms with Gasteiger partial charge in [-0.3, -0.25) is 4.79 Å². The standard InChI is InChI=1S/C13H18ClNO3/c1-17-9-7-15(8-10-18-2)13(16)11-3-5-12(14)6-4-11/h3-6H,7-10H2,1-2H3. The van der Waals surface area contributed by atoms with E-state index < -0.39 is 0 Å². The molecule has 0 spiro atoms. The van der Waals surface area contributed by atoms with Crippen molar-refractivity contribution in [1.29, 1.82) is 0 Å². The van der Waals surface area contributed by atoms with E-state index in [0.29, 0.717) is 36.9 Å². The van der Waals surface area contributed by atoms with Gasteiger partial charge in [0.25, 0.3) is 5.91 Å². The van der Waals surface area contributed by atoms with Gasteiger partial charge in [0.2, 0.25) is 0 Å². The van der Waals surface area contributed by atoms with E-state index in [1.165, 1.54) is 0 Å². The minimum Gasteiger partial charge on any atom is -0.383 e. The molecule has 1 aromatic rings. The van der Waals surface area contributed by atoms with Crippen LogP contribution in [0.4, 0.5) is 0 Å². The molecule has 0 aliphatic carbocycles. The Balaban J connectivity index is 2.70. The number of carbonyl (C=O) groups is 1. The number of amides is 1. The molecule has 100 valence electrons. The number of rotatable bonds is 7. The predicted molar refractivity (Wildman–Crippen MR) is 71.1 cm³/mol. The summed E-state index contributed by atoms with van der Waals surface area (Å²) in [6, 6.07) is 6.85. The Morgan fingerprint density at radius 1 is 1.11 bits per heavy atom. The molecular weight excluding hydrogens is 254 g/mol. The van der Waals surface area contributed by atoms with Crippen LogP contribution in [0, 0.1) is 0 Å². The molecule has 0 aliphatic rings. The molecule has 1 rings (SSSR count). The van der Waals surface area contributed by atoms with Crippen molar-refractivity contribution in [3.8, 4) is 0 Å². The molecule has 0 saturated heterocycles. The van der Waals surface area contributed by atoms with E-state index in [0.717, 1.165) is 0 Å². The van der Waals surface area contributed by atoms with E-state index in [1.807, 2.05) is 0 Å². The molecule has 0 radical (unpaired) electrons. The first-order valence-corrected chi connectivity index (χ1v) is 6.09. The van der Waals surface area contributed by atoms with Crippen molar-refractivity contribution in [1.82, 2.24) is 4.90 Å². The largest absolute Gasteiger partial charge is 0.383 e. The van der Waals surface area contributed by atoms with Gasteiger partial charge in [-0.25, -0.2) is 0 Å². The third kappa shape index (κ3) is 4.64. The van der Waals surface area contributed by atoms with E-state index >= 15 is 0 Å². The molecule has 0 bridgehead atoms. The quantitative estimate of drug-likeness (QED) is 0.762. The lowest BCUT2D eigenvalue weighted by Crippen LogP contribution is -2.36. The average Bonchev–Trinajstić information content (AvgIpc) is 2.39. The van der Waals surface area contributed by atoms with Gasteiger partial charge in [0.1, 0.15) is 0 Å². The number of hydrogen-bond donors (Lipinski definition) is 0. The fourth-order valence-corrected chi connectivity index (χ4v) is 1.62. The van der Waals surface area contributed by atoms with Crippen molar-refractivity contribution < 1.29 is 14.3 Å². The highest BCUT2D eigenvalue weighted by Gasteiger charge is 2.14. The summed E-state index contributed by atoms with van der Waals surface area (Å²) in [5.74, 6) is -0.0410. The van der Waals surface area contributed by atoms with Gasteiger partial charge in [0, 0.05) is 37.9 Å². The Labute approximate surface area is 112 Å². The molecule has 4 nitrogen and oxygen atoms in total. The second-order valence-electron chi connectivity index (χ2n) is 3.78. The number of carbonyl (C=O) groups excluding carboxylic acids is 1. The molecule has 1 amide bonds. The highest BCUT2D eigenvalue weighted by Crippen LogP contribution is 2.11. The number of halogens is 1. The number of ether oxygens (including phenoxy) is 2. The fourth-order valence-electron chi connectivity index (χ4n) is 1.49. The molecule has 1 aromatic carbocycles. The maximum Gasteiger partial charge on any atom is 0.254 e.